The monoisotopic (exact) mass is 346 g/mol. The van der Waals surface area contributed by atoms with Gasteiger partial charge in [0.05, 0.1) is 12.6 Å². The van der Waals surface area contributed by atoms with Crippen LogP contribution in [0.25, 0.3) is 0 Å². The van der Waals surface area contributed by atoms with Gasteiger partial charge in [-0.25, -0.2) is 13.6 Å². The Hall–Kier alpha value is -2.64. The number of primary amides is 1. The van der Waals surface area contributed by atoms with Crippen LogP contribution >= 0.6 is 0 Å². The number of anilines is 1. The highest BCUT2D eigenvalue weighted by atomic mass is 19.1. The Morgan fingerprint density at radius 3 is 2.80 bits per heavy atom. The minimum atomic E-state index is -0.661. The molecule has 2 aliphatic carbocycles. The molecule has 3 aliphatic rings. The van der Waals surface area contributed by atoms with E-state index in [2.05, 4.69) is 10.2 Å². The van der Waals surface area contributed by atoms with Gasteiger partial charge in [-0.05, 0) is 25.0 Å². The Morgan fingerprint density at radius 2 is 2.08 bits per heavy atom. The fourth-order valence-corrected chi connectivity index (χ4v) is 3.95. The van der Waals surface area contributed by atoms with E-state index in [-0.39, 0.29) is 35.8 Å². The second kappa shape index (κ2) is 4.93. The number of amides is 2. The van der Waals surface area contributed by atoms with Crippen molar-refractivity contribution in [2.45, 2.75) is 30.7 Å². The number of hydrogen-bond donors (Lipinski definition) is 2. The smallest absolute Gasteiger partial charge is 0.320 e. The number of halogens is 2. The van der Waals surface area contributed by atoms with Crippen molar-refractivity contribution >= 4 is 11.8 Å². The van der Waals surface area contributed by atoms with Crippen LogP contribution in [0.1, 0.15) is 35.9 Å². The lowest BCUT2D eigenvalue weighted by Gasteiger charge is -2.18. The van der Waals surface area contributed by atoms with Crippen LogP contribution in [-0.4, -0.2) is 28.9 Å². The average molecular weight is 346 g/mol. The first-order valence-corrected chi connectivity index (χ1v) is 8.31. The van der Waals surface area contributed by atoms with E-state index in [0.717, 1.165) is 30.7 Å². The van der Waals surface area contributed by atoms with Crippen molar-refractivity contribution in [2.75, 3.05) is 11.5 Å². The SMILES string of the molecule is NC(=O)N(c1cc(C2CC2)[nH]n1)[C@@H]1[C@H]2COc3c(F)ccc(F)c3[C@@H]21. The van der Waals surface area contributed by atoms with Gasteiger partial charge in [0.25, 0.3) is 0 Å². The van der Waals surface area contributed by atoms with Crippen molar-refractivity contribution in [1.82, 2.24) is 10.2 Å². The van der Waals surface area contributed by atoms with Gasteiger partial charge in [0, 0.05) is 35.1 Å². The lowest BCUT2D eigenvalue weighted by Crippen LogP contribution is -2.39. The quantitative estimate of drug-likeness (QED) is 0.896. The molecule has 1 aliphatic heterocycles. The Balaban J connectivity index is 1.51. The molecule has 0 unspecified atom stereocenters. The van der Waals surface area contributed by atoms with E-state index in [1.54, 1.807) is 0 Å². The zero-order valence-electron chi connectivity index (χ0n) is 13.2. The number of urea groups is 1. The summed E-state index contributed by atoms with van der Waals surface area (Å²) in [5.41, 5.74) is 6.73. The van der Waals surface area contributed by atoms with E-state index in [0.29, 0.717) is 11.7 Å². The highest BCUT2D eigenvalue weighted by molar-refractivity contribution is 5.91. The Kier molecular flexibility index (Phi) is 2.90. The van der Waals surface area contributed by atoms with Gasteiger partial charge < -0.3 is 10.5 Å². The summed E-state index contributed by atoms with van der Waals surface area (Å²) in [6.07, 6.45) is 2.19. The first-order valence-electron chi connectivity index (χ1n) is 8.31. The predicted octanol–water partition coefficient (Wildman–Crippen LogP) is 2.63. The van der Waals surface area contributed by atoms with E-state index in [9.17, 15) is 13.6 Å². The molecule has 2 fully saturated rings. The summed E-state index contributed by atoms with van der Waals surface area (Å²) in [7, 11) is 0. The number of carbonyl (C=O) groups excluding carboxylic acids is 1. The van der Waals surface area contributed by atoms with Crippen LogP contribution < -0.4 is 15.4 Å². The molecule has 2 aromatic rings. The van der Waals surface area contributed by atoms with Crippen LogP contribution in [0.15, 0.2) is 18.2 Å². The third-order valence-corrected chi connectivity index (χ3v) is 5.36. The van der Waals surface area contributed by atoms with E-state index < -0.39 is 17.7 Å². The van der Waals surface area contributed by atoms with E-state index in [4.69, 9.17) is 10.5 Å². The lowest BCUT2D eigenvalue weighted by molar-refractivity contribution is 0.250. The molecule has 3 atom stereocenters. The van der Waals surface area contributed by atoms with E-state index >= 15 is 0 Å². The molecule has 0 radical (unpaired) electrons. The van der Waals surface area contributed by atoms with Crippen LogP contribution in [0, 0.1) is 17.6 Å². The van der Waals surface area contributed by atoms with Crippen molar-refractivity contribution in [3.63, 3.8) is 0 Å². The number of rotatable bonds is 3. The molecule has 2 saturated carbocycles. The van der Waals surface area contributed by atoms with Crippen molar-refractivity contribution in [2.24, 2.45) is 11.7 Å². The number of aromatic nitrogens is 2. The zero-order valence-corrected chi connectivity index (χ0v) is 13.2. The Morgan fingerprint density at radius 1 is 1.32 bits per heavy atom. The molecule has 8 heteroatoms. The van der Waals surface area contributed by atoms with Gasteiger partial charge >= 0.3 is 6.03 Å². The van der Waals surface area contributed by atoms with Gasteiger partial charge in [-0.2, -0.15) is 5.10 Å². The molecule has 3 N–H and O–H groups in total. The third-order valence-electron chi connectivity index (χ3n) is 5.36. The summed E-state index contributed by atoms with van der Waals surface area (Å²) in [6.45, 7) is 0.215. The van der Waals surface area contributed by atoms with Gasteiger partial charge in [0.2, 0.25) is 0 Å². The number of benzene rings is 1. The zero-order chi connectivity index (χ0) is 17.3. The molecule has 0 bridgehead atoms. The van der Waals surface area contributed by atoms with Crippen LogP contribution in [0.4, 0.5) is 19.4 Å². The molecule has 6 nitrogen and oxygen atoms in total. The predicted molar refractivity (Wildman–Crippen MR) is 84.5 cm³/mol. The first kappa shape index (κ1) is 14.7. The van der Waals surface area contributed by atoms with Gasteiger partial charge in [-0.1, -0.05) is 0 Å². The Bertz CT molecular complexity index is 880. The standard InChI is InChI=1S/C17H16F2N4O2/c18-9-3-4-10(19)16-14(9)13-8(6-25-16)15(13)23(17(20)24)12-5-11(21-22-12)7-1-2-7/h3-5,7-8,13,15H,1-2,6H2,(H2,20,24)(H,21,22)/t8-,13+,15+/m0/s1. The molecule has 0 spiro atoms. The second-order valence-corrected chi connectivity index (χ2v) is 6.93. The highest BCUT2D eigenvalue weighted by Crippen LogP contribution is 2.58. The summed E-state index contributed by atoms with van der Waals surface area (Å²) in [5, 5.41) is 7.15. The van der Waals surface area contributed by atoms with Gasteiger partial charge in [0.15, 0.2) is 17.4 Å². The molecular weight excluding hydrogens is 330 g/mol. The minimum absolute atomic E-state index is 0.0612. The number of nitrogens with zero attached hydrogens (tertiary/aromatic N) is 2. The van der Waals surface area contributed by atoms with Gasteiger partial charge in [0.1, 0.15) is 5.82 Å². The summed E-state index contributed by atoms with van der Waals surface area (Å²) in [6, 6.07) is 2.91. The average Bonchev–Trinajstić information content (AvgIpc) is 3.49. The number of H-pyrrole nitrogens is 1. The summed E-state index contributed by atoms with van der Waals surface area (Å²) in [4.78, 5) is 13.4. The van der Waals surface area contributed by atoms with Crippen LogP contribution in [0.2, 0.25) is 0 Å². The summed E-state index contributed by atoms with van der Waals surface area (Å²) in [5.74, 6) is -0.778. The van der Waals surface area contributed by atoms with Crippen LogP contribution in [-0.2, 0) is 0 Å². The topological polar surface area (TPSA) is 84.2 Å². The number of fused-ring (bicyclic) bond motifs is 3. The number of aromatic amines is 1. The third kappa shape index (κ3) is 2.13. The van der Waals surface area contributed by atoms with E-state index in [1.807, 2.05) is 6.07 Å². The molecule has 2 heterocycles. The number of nitrogens with two attached hydrogens (primary N) is 1. The molecule has 0 saturated heterocycles. The first-order chi connectivity index (χ1) is 12.1. The largest absolute Gasteiger partial charge is 0.490 e. The molecule has 2 amide bonds. The molecule has 1 aromatic carbocycles. The molecular formula is C17H16F2N4O2. The number of ether oxygens (including phenoxy) is 1. The van der Waals surface area contributed by atoms with Crippen molar-refractivity contribution in [3.05, 3.63) is 41.1 Å². The van der Waals surface area contributed by atoms with Gasteiger partial charge in [-0.15, -0.1) is 0 Å². The van der Waals surface area contributed by atoms with Crippen LogP contribution in [0.5, 0.6) is 5.75 Å². The highest BCUT2D eigenvalue weighted by Gasteiger charge is 2.61. The maximum absolute atomic E-state index is 14.3. The van der Waals surface area contributed by atoms with Crippen LogP contribution in [0.3, 0.4) is 0 Å². The maximum Gasteiger partial charge on any atom is 0.320 e. The number of hydrogen-bond acceptors (Lipinski definition) is 3. The maximum atomic E-state index is 14.3. The lowest BCUT2D eigenvalue weighted by atomic mass is 10.0. The fraction of sp³-hybridized carbons (Fsp3) is 0.412. The fourth-order valence-electron chi connectivity index (χ4n) is 3.95. The van der Waals surface area contributed by atoms with Crippen molar-refractivity contribution in [3.8, 4) is 5.75 Å². The number of carbonyl (C=O) groups is 1. The van der Waals surface area contributed by atoms with Crippen molar-refractivity contribution < 1.29 is 18.3 Å². The molecule has 130 valence electrons. The summed E-state index contributed by atoms with van der Waals surface area (Å²) < 4.78 is 33.6. The minimum Gasteiger partial charge on any atom is -0.490 e. The normalized spacial score (nSPS) is 26.4. The Labute approximate surface area is 141 Å². The summed E-state index contributed by atoms with van der Waals surface area (Å²) >= 11 is 0. The second-order valence-electron chi connectivity index (χ2n) is 6.93. The molecule has 1 aromatic heterocycles. The molecule has 5 rings (SSSR count). The van der Waals surface area contributed by atoms with Gasteiger partial charge in [-0.3, -0.25) is 10.00 Å². The van der Waals surface area contributed by atoms with E-state index in [1.165, 1.54) is 4.90 Å². The van der Waals surface area contributed by atoms with Crippen molar-refractivity contribution in [1.29, 1.82) is 0 Å². The molecule has 25 heavy (non-hydrogen) atoms. The number of nitrogens with one attached hydrogen (secondary N) is 1.